The molecule has 140 valence electrons. The molecule has 27 heavy (non-hydrogen) atoms. The number of anilines is 1. The van der Waals surface area contributed by atoms with E-state index in [1.54, 1.807) is 30.7 Å². The Balaban J connectivity index is 1.79. The fourth-order valence-corrected chi connectivity index (χ4v) is 4.87. The Kier molecular flexibility index (Phi) is 4.85. The number of nitrogen functional groups attached to an aromatic ring is 1. The predicted octanol–water partition coefficient (Wildman–Crippen LogP) is 4.08. The van der Waals surface area contributed by atoms with Gasteiger partial charge in [-0.2, -0.15) is 0 Å². The van der Waals surface area contributed by atoms with E-state index in [0.717, 1.165) is 63.6 Å². The van der Waals surface area contributed by atoms with Gasteiger partial charge in [0, 0.05) is 30.4 Å². The first kappa shape index (κ1) is 17.9. The SMILES string of the molecule is CN=Cc1cc(-c2cc(O)c3nc(C4CCNCC4)sc3c2)cc(C)c1N. The number of fused-ring (bicyclic) bond motifs is 1. The molecule has 1 fully saturated rings. The second kappa shape index (κ2) is 7.29. The van der Waals surface area contributed by atoms with Crippen LogP contribution in [-0.2, 0) is 0 Å². The fraction of sp³-hybridized carbons (Fsp3) is 0.333. The first-order valence-electron chi connectivity index (χ1n) is 9.23. The molecule has 0 spiro atoms. The minimum absolute atomic E-state index is 0.235. The lowest BCUT2D eigenvalue weighted by Crippen LogP contribution is -2.26. The van der Waals surface area contributed by atoms with E-state index in [4.69, 9.17) is 10.7 Å². The number of aryl methyl sites for hydroxylation is 1. The molecule has 0 bridgehead atoms. The van der Waals surface area contributed by atoms with Crippen LogP contribution in [0.5, 0.6) is 5.75 Å². The highest BCUT2D eigenvalue weighted by Crippen LogP contribution is 2.39. The zero-order valence-electron chi connectivity index (χ0n) is 15.6. The Morgan fingerprint density at radius 2 is 1.96 bits per heavy atom. The van der Waals surface area contributed by atoms with Crippen molar-refractivity contribution in [2.24, 2.45) is 4.99 Å². The van der Waals surface area contributed by atoms with Crippen LogP contribution in [0.3, 0.4) is 0 Å². The first-order chi connectivity index (χ1) is 13.1. The molecule has 1 aliphatic heterocycles. The third-order valence-electron chi connectivity index (χ3n) is 5.20. The van der Waals surface area contributed by atoms with E-state index in [2.05, 4.69) is 22.4 Å². The van der Waals surface area contributed by atoms with Crippen molar-refractivity contribution in [1.82, 2.24) is 10.3 Å². The Hall–Kier alpha value is -2.44. The second-order valence-electron chi connectivity index (χ2n) is 7.10. The van der Waals surface area contributed by atoms with Crippen molar-refractivity contribution in [2.45, 2.75) is 25.7 Å². The number of piperidine rings is 1. The van der Waals surface area contributed by atoms with Crippen LogP contribution < -0.4 is 11.1 Å². The van der Waals surface area contributed by atoms with Gasteiger partial charge in [0.25, 0.3) is 0 Å². The molecule has 2 aromatic carbocycles. The van der Waals surface area contributed by atoms with Gasteiger partial charge in [0.2, 0.25) is 0 Å². The quantitative estimate of drug-likeness (QED) is 0.472. The largest absolute Gasteiger partial charge is 0.506 e. The van der Waals surface area contributed by atoms with Gasteiger partial charge >= 0.3 is 0 Å². The monoisotopic (exact) mass is 380 g/mol. The average molecular weight is 381 g/mol. The number of rotatable bonds is 3. The van der Waals surface area contributed by atoms with Gasteiger partial charge in [-0.1, -0.05) is 0 Å². The molecule has 0 amide bonds. The highest BCUT2D eigenvalue weighted by molar-refractivity contribution is 7.18. The lowest BCUT2D eigenvalue weighted by Gasteiger charge is -2.20. The number of nitrogens with two attached hydrogens (primary N) is 1. The van der Waals surface area contributed by atoms with E-state index < -0.39 is 0 Å². The van der Waals surface area contributed by atoms with Crippen LogP contribution in [0, 0.1) is 6.92 Å². The summed E-state index contributed by atoms with van der Waals surface area (Å²) in [4.78, 5) is 8.85. The number of hydrogen-bond acceptors (Lipinski definition) is 6. The maximum atomic E-state index is 10.6. The predicted molar refractivity (Wildman–Crippen MR) is 114 cm³/mol. The van der Waals surface area contributed by atoms with Crippen LogP contribution in [0.4, 0.5) is 5.69 Å². The molecule has 5 nitrogen and oxygen atoms in total. The molecule has 4 rings (SSSR count). The zero-order chi connectivity index (χ0) is 19.0. The molecule has 1 aliphatic rings. The van der Waals surface area contributed by atoms with E-state index in [0.29, 0.717) is 11.4 Å². The second-order valence-corrected chi connectivity index (χ2v) is 8.16. The molecular formula is C21H24N4OS. The summed E-state index contributed by atoms with van der Waals surface area (Å²) in [7, 11) is 1.74. The first-order valence-corrected chi connectivity index (χ1v) is 10.1. The highest BCUT2D eigenvalue weighted by Gasteiger charge is 2.20. The van der Waals surface area contributed by atoms with Gasteiger partial charge in [-0.15, -0.1) is 11.3 Å². The van der Waals surface area contributed by atoms with E-state index in [1.807, 2.05) is 13.0 Å². The molecule has 6 heteroatoms. The maximum Gasteiger partial charge on any atom is 0.143 e. The molecule has 3 aromatic rings. The number of phenolic OH excluding ortho intramolecular Hbond substituents is 1. The van der Waals surface area contributed by atoms with E-state index >= 15 is 0 Å². The summed E-state index contributed by atoms with van der Waals surface area (Å²) in [5, 5.41) is 15.1. The van der Waals surface area contributed by atoms with Crippen molar-refractivity contribution in [2.75, 3.05) is 25.9 Å². The van der Waals surface area contributed by atoms with Crippen LogP contribution in [0.15, 0.2) is 29.3 Å². The summed E-state index contributed by atoms with van der Waals surface area (Å²) in [6.45, 7) is 4.06. The molecule has 0 radical (unpaired) electrons. The number of thiazole rings is 1. The zero-order valence-corrected chi connectivity index (χ0v) is 16.4. The maximum absolute atomic E-state index is 10.6. The molecule has 0 aliphatic carbocycles. The van der Waals surface area contributed by atoms with Gasteiger partial charge in [-0.25, -0.2) is 4.98 Å². The molecule has 0 atom stereocenters. The Morgan fingerprint density at radius 3 is 2.70 bits per heavy atom. The smallest absolute Gasteiger partial charge is 0.143 e. The van der Waals surface area contributed by atoms with Gasteiger partial charge in [0.15, 0.2) is 0 Å². The normalized spacial score (nSPS) is 15.8. The summed E-state index contributed by atoms with van der Waals surface area (Å²) in [6.07, 6.45) is 3.97. The molecule has 0 saturated carbocycles. The number of benzene rings is 2. The van der Waals surface area contributed by atoms with Gasteiger partial charge in [-0.05, 0) is 73.8 Å². The van der Waals surface area contributed by atoms with Crippen molar-refractivity contribution >= 4 is 33.5 Å². The highest BCUT2D eigenvalue weighted by atomic mass is 32.1. The number of phenols is 1. The summed E-state index contributed by atoms with van der Waals surface area (Å²) >= 11 is 1.70. The molecule has 2 heterocycles. The van der Waals surface area contributed by atoms with Crippen LogP contribution in [-0.4, -0.2) is 36.4 Å². The van der Waals surface area contributed by atoms with Crippen molar-refractivity contribution in [3.05, 3.63) is 40.4 Å². The number of aliphatic imine (C=N–C) groups is 1. The molecular weight excluding hydrogens is 356 g/mol. The topological polar surface area (TPSA) is 83.5 Å². The third-order valence-corrected chi connectivity index (χ3v) is 6.36. The molecule has 1 saturated heterocycles. The van der Waals surface area contributed by atoms with Crippen molar-refractivity contribution in [1.29, 1.82) is 0 Å². The fourth-order valence-electron chi connectivity index (χ4n) is 3.68. The lowest BCUT2D eigenvalue weighted by molar-refractivity contribution is 0.458. The van der Waals surface area contributed by atoms with E-state index in [9.17, 15) is 5.11 Å². The minimum atomic E-state index is 0.235. The van der Waals surface area contributed by atoms with E-state index in [1.165, 1.54) is 0 Å². The summed E-state index contributed by atoms with van der Waals surface area (Å²) < 4.78 is 1.03. The number of nitrogens with one attached hydrogen (secondary N) is 1. The van der Waals surface area contributed by atoms with Gasteiger partial charge < -0.3 is 16.2 Å². The number of aromatic hydroxyl groups is 1. The van der Waals surface area contributed by atoms with Gasteiger partial charge in [-0.3, -0.25) is 4.99 Å². The third kappa shape index (κ3) is 3.42. The van der Waals surface area contributed by atoms with E-state index in [-0.39, 0.29) is 5.75 Å². The van der Waals surface area contributed by atoms with Crippen molar-refractivity contribution < 1.29 is 5.11 Å². The number of aromatic nitrogens is 1. The van der Waals surface area contributed by atoms with Crippen LogP contribution >= 0.6 is 11.3 Å². The Bertz CT molecular complexity index is 1020. The summed E-state index contributed by atoms with van der Waals surface area (Å²) in [5.74, 6) is 0.719. The minimum Gasteiger partial charge on any atom is -0.506 e. The molecule has 0 unspecified atom stereocenters. The molecule has 4 N–H and O–H groups in total. The Morgan fingerprint density at radius 1 is 1.22 bits per heavy atom. The average Bonchev–Trinajstić information content (AvgIpc) is 3.11. The molecule has 1 aromatic heterocycles. The Labute approximate surface area is 163 Å². The van der Waals surface area contributed by atoms with Crippen molar-refractivity contribution in [3.63, 3.8) is 0 Å². The number of nitrogens with zero attached hydrogens (tertiary/aromatic N) is 2. The van der Waals surface area contributed by atoms with Crippen LogP contribution in [0.2, 0.25) is 0 Å². The van der Waals surface area contributed by atoms with Crippen LogP contribution in [0.25, 0.3) is 21.3 Å². The summed E-state index contributed by atoms with van der Waals surface area (Å²) in [6, 6.07) is 7.99. The van der Waals surface area contributed by atoms with Crippen molar-refractivity contribution in [3.8, 4) is 16.9 Å². The summed E-state index contributed by atoms with van der Waals surface area (Å²) in [5.41, 5.74) is 11.5. The van der Waals surface area contributed by atoms with Crippen LogP contribution in [0.1, 0.15) is 34.9 Å². The lowest BCUT2D eigenvalue weighted by atomic mass is 9.98. The standard InChI is InChI=1S/C21H24N4OS/c1-12-7-14(8-16(11-23-2)19(12)22)15-9-17(26)20-18(10-15)27-21(25-20)13-3-5-24-6-4-13/h7-11,13,24,26H,3-6,22H2,1-2H3. The van der Waals surface area contributed by atoms with Gasteiger partial charge in [0.05, 0.1) is 9.71 Å². The van der Waals surface area contributed by atoms with Gasteiger partial charge in [0.1, 0.15) is 11.3 Å². The number of hydrogen-bond donors (Lipinski definition) is 3.